The summed E-state index contributed by atoms with van der Waals surface area (Å²) in [5.74, 6) is 0.821. The second-order valence-corrected chi connectivity index (χ2v) is 5.44. The summed E-state index contributed by atoms with van der Waals surface area (Å²) in [5.41, 5.74) is 8.12. The van der Waals surface area contributed by atoms with E-state index in [1.54, 1.807) is 7.11 Å². The summed E-state index contributed by atoms with van der Waals surface area (Å²) in [6.07, 6.45) is 4.18. The Labute approximate surface area is 114 Å². The summed E-state index contributed by atoms with van der Waals surface area (Å²) >= 11 is 0. The zero-order valence-corrected chi connectivity index (χ0v) is 11.5. The highest BCUT2D eigenvalue weighted by Gasteiger charge is 2.35. The molecule has 1 heterocycles. The van der Waals surface area contributed by atoms with Crippen molar-refractivity contribution in [2.24, 2.45) is 0 Å². The van der Waals surface area contributed by atoms with Crippen LogP contribution in [-0.2, 0) is 11.3 Å². The van der Waals surface area contributed by atoms with Gasteiger partial charge in [0.25, 0.3) is 0 Å². The second-order valence-electron chi connectivity index (χ2n) is 5.44. The van der Waals surface area contributed by atoms with E-state index in [0.29, 0.717) is 12.1 Å². The van der Waals surface area contributed by atoms with E-state index in [1.165, 1.54) is 24.8 Å². The van der Waals surface area contributed by atoms with Crippen LogP contribution in [0.25, 0.3) is 0 Å². The molecule has 1 aromatic carbocycles. The topological polar surface area (TPSA) is 47.7 Å². The Morgan fingerprint density at radius 1 is 1.42 bits per heavy atom. The van der Waals surface area contributed by atoms with Crippen molar-refractivity contribution in [1.82, 2.24) is 4.90 Å². The molecule has 2 atom stereocenters. The van der Waals surface area contributed by atoms with Gasteiger partial charge in [-0.25, -0.2) is 0 Å². The third-order valence-corrected chi connectivity index (χ3v) is 4.32. The van der Waals surface area contributed by atoms with E-state index >= 15 is 0 Å². The molecular weight excluding hydrogens is 240 g/mol. The van der Waals surface area contributed by atoms with Crippen molar-refractivity contribution in [2.45, 2.75) is 38.0 Å². The molecule has 4 nitrogen and oxygen atoms in total. The Balaban J connectivity index is 1.73. The number of nitrogens with zero attached hydrogens (tertiary/aromatic N) is 1. The van der Waals surface area contributed by atoms with Gasteiger partial charge in [-0.3, -0.25) is 4.90 Å². The maximum absolute atomic E-state index is 6.11. The van der Waals surface area contributed by atoms with Crippen LogP contribution in [0, 0.1) is 0 Å². The van der Waals surface area contributed by atoms with Crippen molar-refractivity contribution in [3.63, 3.8) is 0 Å². The Bertz CT molecular complexity index is 450. The summed E-state index contributed by atoms with van der Waals surface area (Å²) < 4.78 is 11.0. The Kier molecular flexibility index (Phi) is 3.62. The van der Waals surface area contributed by atoms with Gasteiger partial charge in [0.15, 0.2) is 0 Å². The zero-order chi connectivity index (χ0) is 13.2. The number of morpholine rings is 1. The largest absolute Gasteiger partial charge is 0.497 e. The van der Waals surface area contributed by atoms with Gasteiger partial charge in [0.2, 0.25) is 0 Å². The first kappa shape index (κ1) is 12.8. The monoisotopic (exact) mass is 262 g/mol. The molecule has 0 radical (unpaired) electrons. The highest BCUT2D eigenvalue weighted by atomic mass is 16.5. The normalized spacial score (nSPS) is 27.2. The fourth-order valence-corrected chi connectivity index (χ4v) is 3.26. The SMILES string of the molecule is COc1ccc(CN2CCOC3CCCC32)c(N)c1. The number of hydrogen-bond acceptors (Lipinski definition) is 4. The third kappa shape index (κ3) is 2.55. The van der Waals surface area contributed by atoms with Crippen LogP contribution in [0.1, 0.15) is 24.8 Å². The molecule has 0 bridgehead atoms. The second kappa shape index (κ2) is 5.39. The number of methoxy groups -OCH3 is 1. The molecule has 1 saturated carbocycles. The van der Waals surface area contributed by atoms with E-state index in [1.807, 2.05) is 12.1 Å². The number of fused-ring (bicyclic) bond motifs is 1. The van der Waals surface area contributed by atoms with Crippen LogP contribution < -0.4 is 10.5 Å². The zero-order valence-electron chi connectivity index (χ0n) is 11.5. The molecular formula is C15H22N2O2. The maximum Gasteiger partial charge on any atom is 0.120 e. The van der Waals surface area contributed by atoms with Crippen molar-refractivity contribution in [3.05, 3.63) is 23.8 Å². The van der Waals surface area contributed by atoms with Gasteiger partial charge in [-0.1, -0.05) is 6.07 Å². The Hall–Kier alpha value is -1.26. The van der Waals surface area contributed by atoms with Crippen molar-refractivity contribution in [1.29, 1.82) is 0 Å². The Morgan fingerprint density at radius 3 is 3.11 bits per heavy atom. The van der Waals surface area contributed by atoms with Crippen molar-refractivity contribution in [2.75, 3.05) is 26.0 Å². The van der Waals surface area contributed by atoms with Crippen LogP contribution in [0.4, 0.5) is 5.69 Å². The van der Waals surface area contributed by atoms with Crippen LogP contribution in [0.15, 0.2) is 18.2 Å². The van der Waals surface area contributed by atoms with Crippen LogP contribution in [0.2, 0.25) is 0 Å². The molecule has 2 unspecified atom stereocenters. The number of benzene rings is 1. The molecule has 1 saturated heterocycles. The first-order valence-corrected chi connectivity index (χ1v) is 7.06. The molecule has 4 heteroatoms. The predicted octanol–water partition coefficient (Wildman–Crippen LogP) is 2.03. The summed E-state index contributed by atoms with van der Waals surface area (Å²) in [5, 5.41) is 0. The molecule has 2 aliphatic rings. The van der Waals surface area contributed by atoms with Crippen LogP contribution >= 0.6 is 0 Å². The minimum absolute atomic E-state index is 0.438. The summed E-state index contributed by atoms with van der Waals surface area (Å²) in [7, 11) is 1.67. The number of anilines is 1. The molecule has 104 valence electrons. The van der Waals surface area contributed by atoms with E-state index in [-0.39, 0.29) is 0 Å². The molecule has 1 aliphatic carbocycles. The van der Waals surface area contributed by atoms with Crippen LogP contribution in [0.3, 0.4) is 0 Å². The molecule has 0 amide bonds. The molecule has 0 aromatic heterocycles. The van der Waals surface area contributed by atoms with E-state index in [2.05, 4.69) is 11.0 Å². The van der Waals surface area contributed by atoms with E-state index in [9.17, 15) is 0 Å². The van der Waals surface area contributed by atoms with Gasteiger partial charge in [0.1, 0.15) is 5.75 Å². The average Bonchev–Trinajstić information content (AvgIpc) is 2.90. The van der Waals surface area contributed by atoms with Crippen LogP contribution in [-0.4, -0.2) is 37.3 Å². The van der Waals surface area contributed by atoms with Crippen molar-refractivity contribution in [3.8, 4) is 5.75 Å². The number of hydrogen-bond donors (Lipinski definition) is 1. The average molecular weight is 262 g/mol. The summed E-state index contributed by atoms with van der Waals surface area (Å²) in [6.45, 7) is 2.77. The highest BCUT2D eigenvalue weighted by molar-refractivity contribution is 5.51. The Morgan fingerprint density at radius 2 is 2.32 bits per heavy atom. The van der Waals surface area contributed by atoms with Gasteiger partial charge in [-0.2, -0.15) is 0 Å². The van der Waals surface area contributed by atoms with Crippen molar-refractivity contribution >= 4 is 5.69 Å². The standard InChI is InChI=1S/C15H22N2O2/c1-18-12-6-5-11(13(16)9-12)10-17-7-8-19-15-4-2-3-14(15)17/h5-6,9,14-15H,2-4,7-8,10,16H2,1H3. The molecule has 3 rings (SSSR count). The summed E-state index contributed by atoms with van der Waals surface area (Å²) in [6, 6.07) is 6.54. The molecule has 1 aliphatic heterocycles. The van der Waals surface area contributed by atoms with Gasteiger partial charge >= 0.3 is 0 Å². The number of ether oxygens (including phenoxy) is 2. The first-order valence-electron chi connectivity index (χ1n) is 7.06. The van der Waals surface area contributed by atoms with Gasteiger partial charge in [0.05, 0.1) is 19.8 Å². The maximum atomic E-state index is 6.11. The van der Waals surface area contributed by atoms with Gasteiger partial charge in [-0.15, -0.1) is 0 Å². The number of rotatable bonds is 3. The minimum Gasteiger partial charge on any atom is -0.497 e. The lowest BCUT2D eigenvalue weighted by Gasteiger charge is -2.37. The summed E-state index contributed by atoms with van der Waals surface area (Å²) in [4.78, 5) is 2.53. The molecule has 2 N–H and O–H groups in total. The van der Waals surface area contributed by atoms with Gasteiger partial charge in [0, 0.05) is 30.9 Å². The number of nitrogens with two attached hydrogens (primary N) is 1. The fourth-order valence-electron chi connectivity index (χ4n) is 3.26. The lowest BCUT2D eigenvalue weighted by molar-refractivity contribution is -0.0587. The van der Waals surface area contributed by atoms with E-state index in [4.69, 9.17) is 15.2 Å². The van der Waals surface area contributed by atoms with Gasteiger partial charge < -0.3 is 15.2 Å². The van der Waals surface area contributed by atoms with Crippen molar-refractivity contribution < 1.29 is 9.47 Å². The molecule has 19 heavy (non-hydrogen) atoms. The minimum atomic E-state index is 0.438. The quantitative estimate of drug-likeness (QED) is 0.847. The fraction of sp³-hybridized carbons (Fsp3) is 0.600. The smallest absolute Gasteiger partial charge is 0.120 e. The van der Waals surface area contributed by atoms with Crippen LogP contribution in [0.5, 0.6) is 5.75 Å². The molecule has 0 spiro atoms. The van der Waals surface area contributed by atoms with E-state index < -0.39 is 0 Å². The van der Waals surface area contributed by atoms with Gasteiger partial charge in [-0.05, 0) is 30.9 Å². The van der Waals surface area contributed by atoms with E-state index in [0.717, 1.165) is 31.1 Å². The predicted molar refractivity (Wildman–Crippen MR) is 75.2 cm³/mol. The first-order chi connectivity index (χ1) is 9.28. The molecule has 1 aromatic rings. The number of nitrogen functional groups attached to an aromatic ring is 1. The third-order valence-electron chi connectivity index (χ3n) is 4.32. The highest BCUT2D eigenvalue weighted by Crippen LogP contribution is 2.31. The lowest BCUT2D eigenvalue weighted by Crippen LogP contribution is -2.47. The lowest BCUT2D eigenvalue weighted by atomic mass is 10.1. The molecule has 2 fully saturated rings.